The third kappa shape index (κ3) is 7.78. The Morgan fingerprint density at radius 3 is 2.62 bits per heavy atom. The number of aliphatic carboxylic acids is 1. The number of carboxylic acids is 1. The lowest BCUT2D eigenvalue weighted by atomic mass is 10.3. The fourth-order valence-corrected chi connectivity index (χ4v) is 2.03. The standard InChI is InChI=1S/C14H17Cl2NO4/c15-10-5-6-12(11(16)9-10)21-8-2-3-13(18)17-7-1-4-14(19)20/h5-6,9H,1-4,7-8H2,(H,17,18)(H,19,20). The van der Waals surface area contributed by atoms with Crippen LogP contribution in [0.1, 0.15) is 25.7 Å². The van der Waals surface area contributed by atoms with Crippen LogP contribution in [0.2, 0.25) is 10.0 Å². The SMILES string of the molecule is O=C(O)CCCNC(=O)CCCOc1ccc(Cl)cc1Cl. The number of ether oxygens (including phenoxy) is 1. The zero-order valence-corrected chi connectivity index (χ0v) is 12.9. The maximum Gasteiger partial charge on any atom is 0.303 e. The zero-order valence-electron chi connectivity index (χ0n) is 11.4. The molecule has 0 aliphatic carbocycles. The smallest absolute Gasteiger partial charge is 0.303 e. The van der Waals surface area contributed by atoms with Gasteiger partial charge in [0.25, 0.3) is 0 Å². The molecule has 0 fully saturated rings. The van der Waals surface area contributed by atoms with Gasteiger partial charge in [-0.15, -0.1) is 0 Å². The van der Waals surface area contributed by atoms with E-state index < -0.39 is 5.97 Å². The van der Waals surface area contributed by atoms with Gasteiger partial charge in [-0.1, -0.05) is 23.2 Å². The van der Waals surface area contributed by atoms with Gasteiger partial charge in [-0.25, -0.2) is 0 Å². The second-order valence-corrected chi connectivity index (χ2v) is 5.22. The lowest BCUT2D eigenvalue weighted by molar-refractivity contribution is -0.137. The number of carboxylic acid groups (broad SMARTS) is 1. The van der Waals surface area contributed by atoms with Crippen molar-refractivity contribution in [2.75, 3.05) is 13.2 Å². The number of carbonyl (C=O) groups excluding carboxylic acids is 1. The fraction of sp³-hybridized carbons (Fsp3) is 0.429. The molecule has 0 aromatic heterocycles. The molecule has 1 amide bonds. The lowest BCUT2D eigenvalue weighted by Gasteiger charge is -2.08. The normalized spacial score (nSPS) is 10.2. The summed E-state index contributed by atoms with van der Waals surface area (Å²) in [5.74, 6) is -0.452. The maximum atomic E-state index is 11.5. The monoisotopic (exact) mass is 333 g/mol. The molecule has 21 heavy (non-hydrogen) atoms. The van der Waals surface area contributed by atoms with Crippen LogP contribution in [0.5, 0.6) is 5.75 Å². The van der Waals surface area contributed by atoms with Gasteiger partial charge in [-0.05, 0) is 31.0 Å². The number of nitrogens with one attached hydrogen (secondary N) is 1. The van der Waals surface area contributed by atoms with Gasteiger partial charge in [0.2, 0.25) is 5.91 Å². The Bertz CT molecular complexity index is 494. The van der Waals surface area contributed by atoms with Crippen LogP contribution < -0.4 is 10.1 Å². The van der Waals surface area contributed by atoms with E-state index in [4.69, 9.17) is 33.0 Å². The van der Waals surface area contributed by atoms with E-state index in [0.717, 1.165) is 0 Å². The Labute approximate surface area is 133 Å². The molecule has 0 aliphatic rings. The Morgan fingerprint density at radius 2 is 1.95 bits per heavy atom. The number of halogens is 2. The lowest BCUT2D eigenvalue weighted by Crippen LogP contribution is -2.25. The highest BCUT2D eigenvalue weighted by Crippen LogP contribution is 2.27. The third-order valence-corrected chi connectivity index (χ3v) is 3.12. The number of amides is 1. The predicted octanol–water partition coefficient (Wildman–Crippen LogP) is 3.13. The van der Waals surface area contributed by atoms with Gasteiger partial charge < -0.3 is 15.2 Å². The third-order valence-electron chi connectivity index (χ3n) is 2.59. The molecule has 0 atom stereocenters. The molecule has 0 spiro atoms. The summed E-state index contributed by atoms with van der Waals surface area (Å²) in [7, 11) is 0. The van der Waals surface area contributed by atoms with E-state index in [1.165, 1.54) is 0 Å². The van der Waals surface area contributed by atoms with Crippen molar-refractivity contribution in [3.63, 3.8) is 0 Å². The highest BCUT2D eigenvalue weighted by atomic mass is 35.5. The van der Waals surface area contributed by atoms with Gasteiger partial charge in [-0.3, -0.25) is 9.59 Å². The van der Waals surface area contributed by atoms with E-state index in [0.29, 0.717) is 48.2 Å². The first-order valence-corrected chi connectivity index (χ1v) is 7.31. The predicted molar refractivity (Wildman–Crippen MR) is 81.1 cm³/mol. The highest BCUT2D eigenvalue weighted by Gasteiger charge is 2.04. The van der Waals surface area contributed by atoms with Crippen molar-refractivity contribution in [3.05, 3.63) is 28.2 Å². The molecule has 1 aromatic rings. The first kappa shape index (κ1) is 17.6. The van der Waals surface area contributed by atoms with Crippen molar-refractivity contribution in [3.8, 4) is 5.75 Å². The van der Waals surface area contributed by atoms with Gasteiger partial charge in [0, 0.05) is 24.4 Å². The Morgan fingerprint density at radius 1 is 1.19 bits per heavy atom. The zero-order chi connectivity index (χ0) is 15.7. The van der Waals surface area contributed by atoms with Crippen LogP contribution in [-0.2, 0) is 9.59 Å². The molecule has 1 rings (SSSR count). The largest absolute Gasteiger partial charge is 0.492 e. The first-order chi connectivity index (χ1) is 9.99. The highest BCUT2D eigenvalue weighted by molar-refractivity contribution is 6.35. The summed E-state index contributed by atoms with van der Waals surface area (Å²) in [5.41, 5.74) is 0. The van der Waals surface area contributed by atoms with E-state index in [1.807, 2.05) is 0 Å². The molecule has 1 aromatic carbocycles. The van der Waals surface area contributed by atoms with E-state index in [1.54, 1.807) is 18.2 Å². The molecule has 0 bridgehead atoms. The Hall–Kier alpha value is -1.46. The molecule has 7 heteroatoms. The molecule has 0 radical (unpaired) electrons. The molecular formula is C14H17Cl2NO4. The van der Waals surface area contributed by atoms with Crippen molar-refractivity contribution in [2.24, 2.45) is 0 Å². The molecule has 2 N–H and O–H groups in total. The van der Waals surface area contributed by atoms with E-state index in [2.05, 4.69) is 5.32 Å². The van der Waals surface area contributed by atoms with Gasteiger partial charge in [0.05, 0.1) is 11.6 Å². The molecule has 0 saturated carbocycles. The average Bonchev–Trinajstić information content (AvgIpc) is 2.41. The quantitative estimate of drug-likeness (QED) is 0.680. The molecule has 0 aliphatic heterocycles. The number of benzene rings is 1. The van der Waals surface area contributed by atoms with Crippen molar-refractivity contribution in [1.82, 2.24) is 5.32 Å². The van der Waals surface area contributed by atoms with Crippen LogP contribution in [0.15, 0.2) is 18.2 Å². The van der Waals surface area contributed by atoms with E-state index in [-0.39, 0.29) is 12.3 Å². The van der Waals surface area contributed by atoms with Crippen LogP contribution in [0, 0.1) is 0 Å². The van der Waals surface area contributed by atoms with Crippen molar-refractivity contribution in [1.29, 1.82) is 0 Å². The fourth-order valence-electron chi connectivity index (χ4n) is 1.56. The van der Waals surface area contributed by atoms with Crippen LogP contribution in [0.25, 0.3) is 0 Å². The topological polar surface area (TPSA) is 75.6 Å². The van der Waals surface area contributed by atoms with Crippen molar-refractivity contribution < 1.29 is 19.4 Å². The average molecular weight is 334 g/mol. The summed E-state index contributed by atoms with van der Waals surface area (Å²) in [4.78, 5) is 21.7. The second kappa shape index (κ2) is 9.47. The summed E-state index contributed by atoms with van der Waals surface area (Å²) < 4.78 is 5.45. The molecule has 0 saturated heterocycles. The Kier molecular flexibility index (Phi) is 7.93. The summed E-state index contributed by atoms with van der Waals surface area (Å²) in [6.45, 7) is 0.735. The minimum Gasteiger partial charge on any atom is -0.492 e. The van der Waals surface area contributed by atoms with Gasteiger partial charge in [0.15, 0.2) is 0 Å². The van der Waals surface area contributed by atoms with Gasteiger partial charge in [0.1, 0.15) is 5.75 Å². The van der Waals surface area contributed by atoms with Crippen LogP contribution in [0.4, 0.5) is 0 Å². The molecular weight excluding hydrogens is 317 g/mol. The molecule has 116 valence electrons. The summed E-state index contributed by atoms with van der Waals surface area (Å²) in [6.07, 6.45) is 1.35. The minimum absolute atomic E-state index is 0.0540. The number of hydrogen-bond donors (Lipinski definition) is 2. The van der Waals surface area contributed by atoms with Gasteiger partial charge in [-0.2, -0.15) is 0 Å². The summed E-state index contributed by atoms with van der Waals surface area (Å²) in [6, 6.07) is 4.95. The van der Waals surface area contributed by atoms with Crippen LogP contribution >= 0.6 is 23.2 Å². The second-order valence-electron chi connectivity index (χ2n) is 4.37. The van der Waals surface area contributed by atoms with Crippen LogP contribution in [-0.4, -0.2) is 30.1 Å². The Balaban J connectivity index is 2.13. The number of carbonyl (C=O) groups is 2. The minimum atomic E-state index is -0.863. The molecule has 5 nitrogen and oxygen atoms in total. The van der Waals surface area contributed by atoms with Crippen molar-refractivity contribution in [2.45, 2.75) is 25.7 Å². The van der Waals surface area contributed by atoms with Crippen molar-refractivity contribution >= 4 is 35.1 Å². The van der Waals surface area contributed by atoms with E-state index in [9.17, 15) is 9.59 Å². The summed E-state index contributed by atoms with van der Waals surface area (Å²) in [5, 5.41) is 12.1. The maximum absolute atomic E-state index is 11.5. The number of rotatable bonds is 9. The first-order valence-electron chi connectivity index (χ1n) is 6.55. The number of hydrogen-bond acceptors (Lipinski definition) is 3. The molecule has 0 heterocycles. The molecule has 0 unspecified atom stereocenters. The summed E-state index contributed by atoms with van der Waals surface area (Å²) >= 11 is 11.7. The van der Waals surface area contributed by atoms with E-state index >= 15 is 0 Å². The van der Waals surface area contributed by atoms with Gasteiger partial charge >= 0.3 is 5.97 Å². The van der Waals surface area contributed by atoms with Crippen LogP contribution in [0.3, 0.4) is 0 Å².